The predicted octanol–water partition coefficient (Wildman–Crippen LogP) is 2.38. The average Bonchev–Trinajstić information content (AvgIpc) is 2.79. The van der Waals surface area contributed by atoms with Crippen LogP contribution in [0.1, 0.15) is 5.89 Å². The van der Waals surface area contributed by atoms with Crippen molar-refractivity contribution in [1.29, 1.82) is 0 Å². The maximum Gasteiger partial charge on any atom is 0.247 e. The van der Waals surface area contributed by atoms with Crippen molar-refractivity contribution in [1.82, 2.24) is 9.97 Å². The van der Waals surface area contributed by atoms with Gasteiger partial charge in [-0.05, 0) is 18.2 Å². The molecule has 0 saturated heterocycles. The summed E-state index contributed by atoms with van der Waals surface area (Å²) in [6, 6.07) is 11.2. The van der Waals surface area contributed by atoms with Gasteiger partial charge in [-0.25, -0.2) is 9.97 Å². The van der Waals surface area contributed by atoms with Crippen molar-refractivity contribution in [3.63, 3.8) is 0 Å². The second kappa shape index (κ2) is 4.37. The smallest absolute Gasteiger partial charge is 0.247 e. The van der Waals surface area contributed by atoms with E-state index in [1.165, 1.54) is 6.20 Å². The van der Waals surface area contributed by atoms with E-state index >= 15 is 0 Å². The molecule has 2 N–H and O–H groups in total. The van der Waals surface area contributed by atoms with Crippen LogP contribution in [0.15, 0.2) is 47.0 Å². The zero-order chi connectivity index (χ0) is 12.4. The van der Waals surface area contributed by atoms with E-state index in [1.807, 2.05) is 30.3 Å². The molecule has 2 aromatic heterocycles. The molecule has 0 amide bonds. The lowest BCUT2D eigenvalue weighted by Gasteiger charge is -2.01. The molecule has 0 bridgehead atoms. The quantitative estimate of drug-likeness (QED) is 0.762. The lowest BCUT2D eigenvalue weighted by Crippen LogP contribution is -1.94. The third-order valence-corrected chi connectivity index (χ3v) is 2.42. The molecule has 5 heteroatoms. The number of anilines is 1. The van der Waals surface area contributed by atoms with E-state index in [1.54, 1.807) is 6.07 Å². The number of nitrogens with zero attached hydrogens (tertiary/aromatic N) is 2. The number of fused-ring (bicyclic) bond motifs is 1. The van der Waals surface area contributed by atoms with Crippen LogP contribution in [0.5, 0.6) is 5.75 Å². The van der Waals surface area contributed by atoms with Crippen LogP contribution in [0.3, 0.4) is 0 Å². The van der Waals surface area contributed by atoms with E-state index in [4.69, 9.17) is 14.9 Å². The van der Waals surface area contributed by atoms with Gasteiger partial charge in [0, 0.05) is 0 Å². The van der Waals surface area contributed by atoms with Gasteiger partial charge in [0.2, 0.25) is 11.6 Å². The fourth-order valence-corrected chi connectivity index (χ4v) is 1.61. The van der Waals surface area contributed by atoms with Crippen molar-refractivity contribution in [3.8, 4) is 5.75 Å². The molecule has 5 nitrogen and oxygen atoms in total. The third-order valence-electron chi connectivity index (χ3n) is 2.42. The Bertz CT molecular complexity index is 664. The van der Waals surface area contributed by atoms with E-state index in [2.05, 4.69) is 9.97 Å². The number of ether oxygens (including phenoxy) is 1. The van der Waals surface area contributed by atoms with Crippen molar-refractivity contribution in [2.75, 3.05) is 5.73 Å². The van der Waals surface area contributed by atoms with E-state index in [9.17, 15) is 0 Å². The highest BCUT2D eigenvalue weighted by molar-refractivity contribution is 5.71. The zero-order valence-electron chi connectivity index (χ0n) is 9.54. The van der Waals surface area contributed by atoms with Crippen LogP contribution in [-0.2, 0) is 6.61 Å². The van der Waals surface area contributed by atoms with Gasteiger partial charge in [-0.3, -0.25) is 0 Å². The molecule has 90 valence electrons. The van der Waals surface area contributed by atoms with Crippen molar-refractivity contribution in [2.45, 2.75) is 6.61 Å². The summed E-state index contributed by atoms with van der Waals surface area (Å²) in [5, 5.41) is 0. The Labute approximate surface area is 103 Å². The number of hydrogen-bond donors (Lipinski definition) is 1. The lowest BCUT2D eigenvalue weighted by atomic mass is 10.3. The first-order valence-corrected chi connectivity index (χ1v) is 5.50. The SMILES string of the molecule is Nc1cnc2oc(COc3ccccc3)nc2c1. The number of para-hydroxylation sites is 1. The summed E-state index contributed by atoms with van der Waals surface area (Å²) in [5.41, 5.74) is 7.29. The monoisotopic (exact) mass is 241 g/mol. The van der Waals surface area contributed by atoms with Crippen molar-refractivity contribution in [2.24, 2.45) is 0 Å². The Morgan fingerprint density at radius 2 is 2.06 bits per heavy atom. The Balaban J connectivity index is 1.79. The second-order valence-corrected chi connectivity index (χ2v) is 3.80. The zero-order valence-corrected chi connectivity index (χ0v) is 9.54. The Hall–Kier alpha value is -2.56. The topological polar surface area (TPSA) is 74.2 Å². The number of rotatable bonds is 3. The molecule has 0 aliphatic carbocycles. The number of aromatic nitrogens is 2. The fraction of sp³-hybridized carbons (Fsp3) is 0.0769. The second-order valence-electron chi connectivity index (χ2n) is 3.80. The normalized spacial score (nSPS) is 10.7. The van der Waals surface area contributed by atoms with Gasteiger partial charge in [-0.2, -0.15) is 0 Å². The first-order valence-electron chi connectivity index (χ1n) is 5.50. The number of benzene rings is 1. The molecule has 0 radical (unpaired) electrons. The summed E-state index contributed by atoms with van der Waals surface area (Å²) < 4.78 is 11.0. The number of oxazole rings is 1. The van der Waals surface area contributed by atoms with Crippen LogP contribution in [0.25, 0.3) is 11.2 Å². The first-order chi connectivity index (χ1) is 8.81. The molecule has 2 heterocycles. The largest absolute Gasteiger partial charge is 0.484 e. The molecule has 3 aromatic rings. The van der Waals surface area contributed by atoms with Crippen LogP contribution in [0.4, 0.5) is 5.69 Å². The first kappa shape index (κ1) is 10.6. The van der Waals surface area contributed by atoms with Crippen LogP contribution in [0.2, 0.25) is 0 Å². The van der Waals surface area contributed by atoms with Crippen LogP contribution < -0.4 is 10.5 Å². The van der Waals surface area contributed by atoms with Gasteiger partial charge in [-0.1, -0.05) is 18.2 Å². The summed E-state index contributed by atoms with van der Waals surface area (Å²) in [4.78, 5) is 8.30. The molecule has 18 heavy (non-hydrogen) atoms. The van der Waals surface area contributed by atoms with Gasteiger partial charge in [0.1, 0.15) is 11.3 Å². The minimum absolute atomic E-state index is 0.264. The lowest BCUT2D eigenvalue weighted by molar-refractivity contribution is 0.266. The van der Waals surface area contributed by atoms with Gasteiger partial charge in [0.15, 0.2) is 6.61 Å². The van der Waals surface area contributed by atoms with Crippen LogP contribution in [0, 0.1) is 0 Å². The molecule has 0 atom stereocenters. The third kappa shape index (κ3) is 2.10. The Morgan fingerprint density at radius 3 is 2.89 bits per heavy atom. The maximum atomic E-state index is 5.62. The molecular formula is C13H11N3O2. The standard InChI is InChI=1S/C13H11N3O2/c14-9-6-11-13(15-7-9)18-12(16-11)8-17-10-4-2-1-3-5-10/h1-7H,8,14H2. The summed E-state index contributed by atoms with van der Waals surface area (Å²) in [7, 11) is 0. The minimum Gasteiger partial charge on any atom is -0.484 e. The highest BCUT2D eigenvalue weighted by Gasteiger charge is 2.07. The Kier molecular flexibility index (Phi) is 2.57. The average molecular weight is 241 g/mol. The molecular weight excluding hydrogens is 230 g/mol. The number of hydrogen-bond acceptors (Lipinski definition) is 5. The molecule has 0 unspecified atom stereocenters. The van der Waals surface area contributed by atoms with Gasteiger partial charge in [0.05, 0.1) is 11.9 Å². The number of nitrogens with two attached hydrogens (primary N) is 1. The van der Waals surface area contributed by atoms with E-state index in [0.29, 0.717) is 22.8 Å². The molecule has 0 saturated carbocycles. The van der Waals surface area contributed by atoms with Gasteiger partial charge in [0.25, 0.3) is 0 Å². The fourth-order valence-electron chi connectivity index (χ4n) is 1.61. The molecule has 0 spiro atoms. The van der Waals surface area contributed by atoms with Crippen molar-refractivity contribution >= 4 is 16.9 Å². The summed E-state index contributed by atoms with van der Waals surface area (Å²) >= 11 is 0. The highest BCUT2D eigenvalue weighted by Crippen LogP contribution is 2.17. The summed E-state index contributed by atoms with van der Waals surface area (Å²) in [6.45, 7) is 0.264. The number of nitrogen functional groups attached to an aromatic ring is 1. The van der Waals surface area contributed by atoms with E-state index < -0.39 is 0 Å². The van der Waals surface area contributed by atoms with Gasteiger partial charge >= 0.3 is 0 Å². The molecule has 0 fully saturated rings. The van der Waals surface area contributed by atoms with Crippen molar-refractivity contribution in [3.05, 3.63) is 48.5 Å². The summed E-state index contributed by atoms with van der Waals surface area (Å²) in [6.07, 6.45) is 1.54. The molecule has 3 rings (SSSR count). The predicted molar refractivity (Wildman–Crippen MR) is 67.0 cm³/mol. The van der Waals surface area contributed by atoms with Crippen LogP contribution in [-0.4, -0.2) is 9.97 Å². The Morgan fingerprint density at radius 1 is 1.22 bits per heavy atom. The van der Waals surface area contributed by atoms with Crippen molar-refractivity contribution < 1.29 is 9.15 Å². The molecule has 1 aromatic carbocycles. The van der Waals surface area contributed by atoms with Crippen LogP contribution >= 0.6 is 0 Å². The molecule has 0 aliphatic rings. The van der Waals surface area contributed by atoms with E-state index in [-0.39, 0.29) is 6.61 Å². The maximum absolute atomic E-state index is 5.62. The number of pyridine rings is 1. The molecule has 0 aliphatic heterocycles. The van der Waals surface area contributed by atoms with E-state index in [0.717, 1.165) is 5.75 Å². The highest BCUT2D eigenvalue weighted by atomic mass is 16.5. The van der Waals surface area contributed by atoms with Gasteiger partial charge < -0.3 is 14.9 Å². The summed E-state index contributed by atoms with van der Waals surface area (Å²) in [5.74, 6) is 1.25. The minimum atomic E-state index is 0.264. The van der Waals surface area contributed by atoms with Gasteiger partial charge in [-0.15, -0.1) is 0 Å².